The molecule has 0 spiro atoms. The van der Waals surface area contributed by atoms with Gasteiger partial charge in [0, 0.05) is 28.8 Å². The number of rotatable bonds is 5. The minimum Gasteiger partial charge on any atom is -0.310 e. The van der Waals surface area contributed by atoms with Crippen molar-refractivity contribution in [3.05, 3.63) is 64.1 Å². The van der Waals surface area contributed by atoms with Crippen molar-refractivity contribution in [3.8, 4) is 0 Å². The minimum absolute atomic E-state index is 0.123. The SMILES string of the molecule is CCNC(c1ccc(F)cc1Br)C(C)c1ccncc1. The van der Waals surface area contributed by atoms with E-state index < -0.39 is 0 Å². The van der Waals surface area contributed by atoms with Gasteiger partial charge in [-0.1, -0.05) is 35.8 Å². The highest BCUT2D eigenvalue weighted by Gasteiger charge is 2.22. The molecule has 2 unspecified atom stereocenters. The Hall–Kier alpha value is -1.26. The number of halogens is 2. The summed E-state index contributed by atoms with van der Waals surface area (Å²) in [6, 6.07) is 9.02. The maximum absolute atomic E-state index is 13.3. The molecule has 4 heteroatoms. The lowest BCUT2D eigenvalue weighted by molar-refractivity contribution is 0.476. The summed E-state index contributed by atoms with van der Waals surface area (Å²) in [4.78, 5) is 4.06. The lowest BCUT2D eigenvalue weighted by Gasteiger charge is -2.26. The van der Waals surface area contributed by atoms with Crippen LogP contribution in [0.15, 0.2) is 47.2 Å². The first-order valence-corrected chi connectivity index (χ1v) is 7.51. The molecule has 2 rings (SSSR count). The summed E-state index contributed by atoms with van der Waals surface area (Å²) in [7, 11) is 0. The van der Waals surface area contributed by atoms with Crippen LogP contribution in [-0.4, -0.2) is 11.5 Å². The lowest BCUT2D eigenvalue weighted by Crippen LogP contribution is -2.26. The van der Waals surface area contributed by atoms with Gasteiger partial charge in [-0.25, -0.2) is 4.39 Å². The molecular weight excluding hydrogens is 319 g/mol. The quantitative estimate of drug-likeness (QED) is 0.873. The molecule has 2 aromatic rings. The van der Waals surface area contributed by atoms with Gasteiger partial charge < -0.3 is 5.32 Å². The van der Waals surface area contributed by atoms with Crippen LogP contribution in [-0.2, 0) is 0 Å². The largest absolute Gasteiger partial charge is 0.310 e. The molecule has 0 saturated heterocycles. The summed E-state index contributed by atoms with van der Waals surface area (Å²) in [6.45, 7) is 5.09. The van der Waals surface area contributed by atoms with Crippen LogP contribution in [0.1, 0.15) is 36.9 Å². The van der Waals surface area contributed by atoms with Gasteiger partial charge in [-0.2, -0.15) is 0 Å². The molecular formula is C16H18BrFN2. The Morgan fingerprint density at radius 1 is 1.25 bits per heavy atom. The second-order valence-corrected chi connectivity index (χ2v) is 5.62. The van der Waals surface area contributed by atoms with Gasteiger partial charge in [-0.3, -0.25) is 4.98 Å². The third-order valence-electron chi connectivity index (χ3n) is 3.45. The van der Waals surface area contributed by atoms with E-state index in [0.717, 1.165) is 16.6 Å². The molecule has 0 aliphatic rings. The van der Waals surface area contributed by atoms with Crippen LogP contribution in [0.2, 0.25) is 0 Å². The summed E-state index contributed by atoms with van der Waals surface area (Å²) >= 11 is 3.47. The topological polar surface area (TPSA) is 24.9 Å². The van der Waals surface area contributed by atoms with Crippen LogP contribution in [0.3, 0.4) is 0 Å². The number of pyridine rings is 1. The van der Waals surface area contributed by atoms with Crippen LogP contribution in [0.5, 0.6) is 0 Å². The van der Waals surface area contributed by atoms with Crippen molar-refractivity contribution in [2.24, 2.45) is 0 Å². The van der Waals surface area contributed by atoms with Crippen LogP contribution >= 0.6 is 15.9 Å². The average molecular weight is 337 g/mol. The second kappa shape index (κ2) is 6.95. The van der Waals surface area contributed by atoms with E-state index in [1.807, 2.05) is 18.2 Å². The summed E-state index contributed by atoms with van der Waals surface area (Å²) in [5, 5.41) is 3.48. The van der Waals surface area contributed by atoms with Gasteiger partial charge in [0.05, 0.1) is 0 Å². The third kappa shape index (κ3) is 3.44. The molecule has 2 nitrogen and oxygen atoms in total. The fourth-order valence-electron chi connectivity index (χ4n) is 2.39. The van der Waals surface area contributed by atoms with Gasteiger partial charge in [0.1, 0.15) is 5.82 Å². The second-order valence-electron chi connectivity index (χ2n) is 4.77. The molecule has 1 heterocycles. The maximum atomic E-state index is 13.3. The van der Waals surface area contributed by atoms with E-state index in [1.165, 1.54) is 17.7 Å². The summed E-state index contributed by atoms with van der Waals surface area (Å²) in [6.07, 6.45) is 3.60. The number of nitrogens with zero attached hydrogens (tertiary/aromatic N) is 1. The zero-order valence-corrected chi connectivity index (χ0v) is 13.2. The molecule has 20 heavy (non-hydrogen) atoms. The molecule has 2 atom stereocenters. The Bertz CT molecular complexity index is 560. The molecule has 0 radical (unpaired) electrons. The first-order valence-electron chi connectivity index (χ1n) is 6.71. The molecule has 0 aliphatic heterocycles. The number of nitrogens with one attached hydrogen (secondary N) is 1. The van der Waals surface area contributed by atoms with Crippen molar-refractivity contribution < 1.29 is 4.39 Å². The van der Waals surface area contributed by atoms with E-state index in [-0.39, 0.29) is 17.8 Å². The van der Waals surface area contributed by atoms with Crippen LogP contribution in [0, 0.1) is 5.82 Å². The lowest BCUT2D eigenvalue weighted by atomic mass is 9.89. The average Bonchev–Trinajstić information content (AvgIpc) is 2.46. The summed E-state index contributed by atoms with van der Waals surface area (Å²) in [5.41, 5.74) is 2.28. The highest BCUT2D eigenvalue weighted by Crippen LogP contribution is 2.34. The monoisotopic (exact) mass is 336 g/mol. The van der Waals surface area contributed by atoms with E-state index in [2.05, 4.69) is 40.1 Å². The van der Waals surface area contributed by atoms with Crippen molar-refractivity contribution in [3.63, 3.8) is 0 Å². The van der Waals surface area contributed by atoms with Gasteiger partial charge in [0.15, 0.2) is 0 Å². The number of benzene rings is 1. The summed E-state index contributed by atoms with van der Waals surface area (Å²) in [5.74, 6) is 0.0344. The zero-order valence-electron chi connectivity index (χ0n) is 11.6. The molecule has 106 valence electrons. The molecule has 1 aromatic heterocycles. The van der Waals surface area contributed by atoms with Crippen LogP contribution in [0.4, 0.5) is 4.39 Å². The van der Waals surface area contributed by atoms with E-state index in [1.54, 1.807) is 12.4 Å². The first kappa shape index (κ1) is 15.1. The molecule has 1 N–H and O–H groups in total. The highest BCUT2D eigenvalue weighted by molar-refractivity contribution is 9.10. The smallest absolute Gasteiger partial charge is 0.124 e. The minimum atomic E-state index is -0.229. The first-order chi connectivity index (χ1) is 9.63. The van der Waals surface area contributed by atoms with Gasteiger partial charge in [-0.05, 0) is 41.9 Å². The number of hydrogen-bond acceptors (Lipinski definition) is 2. The van der Waals surface area contributed by atoms with Gasteiger partial charge in [0.25, 0.3) is 0 Å². The molecule has 0 fully saturated rings. The van der Waals surface area contributed by atoms with E-state index >= 15 is 0 Å². The number of likely N-dealkylation sites (N-methyl/N-ethyl adjacent to an activating group) is 1. The molecule has 0 bridgehead atoms. The normalized spacial score (nSPS) is 14.0. The predicted molar refractivity (Wildman–Crippen MR) is 83.2 cm³/mol. The Morgan fingerprint density at radius 2 is 1.95 bits per heavy atom. The highest BCUT2D eigenvalue weighted by atomic mass is 79.9. The molecule has 0 amide bonds. The van der Waals surface area contributed by atoms with Crippen LogP contribution < -0.4 is 5.32 Å². The fourth-order valence-corrected chi connectivity index (χ4v) is 2.99. The van der Waals surface area contributed by atoms with Crippen molar-refractivity contribution in [2.45, 2.75) is 25.8 Å². The van der Waals surface area contributed by atoms with Crippen molar-refractivity contribution >= 4 is 15.9 Å². The molecule has 1 aromatic carbocycles. The number of aromatic nitrogens is 1. The van der Waals surface area contributed by atoms with Crippen molar-refractivity contribution in [2.75, 3.05) is 6.54 Å². The maximum Gasteiger partial charge on any atom is 0.124 e. The fraction of sp³-hybridized carbons (Fsp3) is 0.312. The van der Waals surface area contributed by atoms with Crippen LogP contribution in [0.25, 0.3) is 0 Å². The third-order valence-corrected chi connectivity index (χ3v) is 4.14. The Morgan fingerprint density at radius 3 is 2.55 bits per heavy atom. The zero-order chi connectivity index (χ0) is 14.5. The standard InChI is InChI=1S/C16H18BrFN2/c1-3-20-16(11(2)12-6-8-19-9-7-12)14-5-4-13(18)10-15(14)17/h4-11,16,20H,3H2,1-2H3. The molecule has 0 aliphatic carbocycles. The predicted octanol–water partition coefficient (Wildman–Crippen LogP) is 4.44. The Balaban J connectivity index is 2.35. The van der Waals surface area contributed by atoms with E-state index in [9.17, 15) is 4.39 Å². The van der Waals surface area contributed by atoms with Gasteiger partial charge >= 0.3 is 0 Å². The van der Waals surface area contributed by atoms with Crippen molar-refractivity contribution in [1.82, 2.24) is 10.3 Å². The van der Waals surface area contributed by atoms with Crippen molar-refractivity contribution in [1.29, 1.82) is 0 Å². The summed E-state index contributed by atoms with van der Waals surface area (Å²) < 4.78 is 14.1. The van der Waals surface area contributed by atoms with Gasteiger partial charge in [-0.15, -0.1) is 0 Å². The molecule has 0 saturated carbocycles. The van der Waals surface area contributed by atoms with E-state index in [0.29, 0.717) is 0 Å². The number of hydrogen-bond donors (Lipinski definition) is 1. The Kier molecular flexibility index (Phi) is 5.26. The van der Waals surface area contributed by atoms with E-state index in [4.69, 9.17) is 0 Å². The Labute approximate surface area is 127 Å². The van der Waals surface area contributed by atoms with Gasteiger partial charge in [0.2, 0.25) is 0 Å².